The third-order valence-electron chi connectivity index (χ3n) is 4.33. The van der Waals surface area contributed by atoms with Crippen LogP contribution in [-0.4, -0.2) is 28.4 Å². The van der Waals surface area contributed by atoms with Crippen molar-refractivity contribution >= 4 is 38.9 Å². The topological polar surface area (TPSA) is 80.3 Å². The molecule has 0 radical (unpaired) electrons. The van der Waals surface area contributed by atoms with Gasteiger partial charge in [0.2, 0.25) is 5.52 Å². The number of benzene rings is 2. The van der Waals surface area contributed by atoms with Gasteiger partial charge >= 0.3 is 0 Å². The zero-order chi connectivity index (χ0) is 18.3. The molecule has 0 aliphatic carbocycles. The molecule has 0 fully saturated rings. The summed E-state index contributed by atoms with van der Waals surface area (Å²) in [6.45, 7) is 0.0704. The molecule has 0 bridgehead atoms. The van der Waals surface area contributed by atoms with Gasteiger partial charge < -0.3 is 5.11 Å². The van der Waals surface area contributed by atoms with Crippen LogP contribution in [0, 0.1) is 5.41 Å². The van der Waals surface area contributed by atoms with E-state index in [4.69, 9.17) is 5.41 Å². The first-order valence-corrected chi connectivity index (χ1v) is 8.90. The van der Waals surface area contributed by atoms with Crippen LogP contribution < -0.4 is 9.99 Å². The van der Waals surface area contributed by atoms with Gasteiger partial charge in [-0.2, -0.15) is 4.57 Å². The van der Waals surface area contributed by atoms with Gasteiger partial charge in [0.1, 0.15) is 23.1 Å². The molecule has 26 heavy (non-hydrogen) atoms. The lowest BCUT2D eigenvalue weighted by Crippen LogP contribution is -2.44. The van der Waals surface area contributed by atoms with E-state index in [9.17, 15) is 9.90 Å². The predicted molar refractivity (Wildman–Crippen MR) is 101 cm³/mol. The second kappa shape index (κ2) is 6.27. The molecule has 0 saturated carbocycles. The van der Waals surface area contributed by atoms with Crippen molar-refractivity contribution in [2.45, 2.75) is 0 Å². The van der Waals surface area contributed by atoms with Crippen molar-refractivity contribution in [3.63, 3.8) is 0 Å². The highest BCUT2D eigenvalue weighted by Gasteiger charge is 2.36. The number of para-hydroxylation sites is 1. The number of aliphatic hydroxyl groups excluding tert-OH is 1. The molecule has 2 aromatic carbocycles. The first-order valence-electron chi connectivity index (χ1n) is 8.09. The van der Waals surface area contributed by atoms with E-state index in [1.165, 1.54) is 16.3 Å². The monoisotopic (exact) mass is 365 g/mol. The Morgan fingerprint density at radius 2 is 1.88 bits per heavy atom. The van der Waals surface area contributed by atoms with Crippen molar-refractivity contribution in [1.29, 1.82) is 5.41 Å². The normalized spacial score (nSPS) is 14.3. The third-order valence-corrected chi connectivity index (χ3v) is 5.56. The maximum atomic E-state index is 12.4. The van der Waals surface area contributed by atoms with Gasteiger partial charge in [-0.25, -0.2) is 0 Å². The Kier molecular flexibility index (Phi) is 3.93. The van der Waals surface area contributed by atoms with Crippen LogP contribution in [0.5, 0.6) is 0 Å². The number of aliphatic hydroxyl groups is 1. The predicted octanol–water partition coefficient (Wildman–Crippen LogP) is 2.63. The molecule has 4 rings (SSSR count). The summed E-state index contributed by atoms with van der Waals surface area (Å²) in [6.07, 6.45) is 0. The molecule has 1 aromatic heterocycles. The summed E-state index contributed by atoms with van der Waals surface area (Å²) in [5.74, 6) is -0.162. The zero-order valence-electron chi connectivity index (χ0n) is 14.1. The largest absolute Gasteiger partial charge is 0.509 e. The van der Waals surface area contributed by atoms with Crippen LogP contribution in [0.1, 0.15) is 15.4 Å². The number of hydrazine groups is 1. The molecule has 7 heteroatoms. The van der Waals surface area contributed by atoms with Crippen LogP contribution in [0.4, 0.5) is 0 Å². The Labute approximate surface area is 154 Å². The number of hydrogen-bond acceptors (Lipinski definition) is 4. The highest BCUT2D eigenvalue weighted by atomic mass is 32.1. The summed E-state index contributed by atoms with van der Waals surface area (Å²) in [6, 6.07) is 16.7. The van der Waals surface area contributed by atoms with E-state index in [0.717, 1.165) is 15.2 Å². The van der Waals surface area contributed by atoms with E-state index in [1.54, 1.807) is 24.3 Å². The highest BCUT2D eigenvalue weighted by Crippen LogP contribution is 2.31. The SMILES string of the molecule is C[n+]1c(C2=C(O)CN(NC(=O)c3ccccc3)C2=N)sc2ccccc21. The van der Waals surface area contributed by atoms with Crippen LogP contribution in [-0.2, 0) is 7.05 Å². The minimum absolute atomic E-state index is 0.0704. The van der Waals surface area contributed by atoms with Crippen LogP contribution >= 0.6 is 11.3 Å². The number of hydrogen-bond donors (Lipinski definition) is 3. The average molecular weight is 365 g/mol. The fourth-order valence-corrected chi connectivity index (χ4v) is 4.21. The number of thiazole rings is 1. The first-order chi connectivity index (χ1) is 12.6. The second-order valence-corrected chi connectivity index (χ2v) is 7.03. The van der Waals surface area contributed by atoms with Crippen molar-refractivity contribution < 1.29 is 14.5 Å². The van der Waals surface area contributed by atoms with Crippen molar-refractivity contribution in [2.75, 3.05) is 6.54 Å². The average Bonchev–Trinajstić information content (AvgIpc) is 3.12. The Bertz CT molecular complexity index is 1060. The number of amides is 1. The Balaban J connectivity index is 1.62. The number of carbonyl (C=O) groups is 1. The number of aryl methyl sites for hydroxylation is 1. The fourth-order valence-electron chi connectivity index (χ4n) is 3.00. The third kappa shape index (κ3) is 2.62. The molecule has 0 saturated heterocycles. The van der Waals surface area contributed by atoms with Crippen molar-refractivity contribution in [2.24, 2.45) is 7.05 Å². The molecular formula is C19H17N4O2S+. The standard InChI is InChI=1S/C19H16N4O2S/c1-22-13-9-5-6-10-15(13)26-19(22)16-14(24)11-23(17(16)20)21-18(25)12-7-3-2-4-8-12/h2-10,20H,11H2,1H3,(H,21,25)/p+1. The van der Waals surface area contributed by atoms with Crippen LogP contribution in [0.25, 0.3) is 15.8 Å². The van der Waals surface area contributed by atoms with Gasteiger partial charge in [-0.15, -0.1) is 0 Å². The van der Waals surface area contributed by atoms with Gasteiger partial charge in [0.05, 0.1) is 6.54 Å². The molecule has 0 unspecified atom stereocenters. The Morgan fingerprint density at radius 1 is 1.19 bits per heavy atom. The van der Waals surface area contributed by atoms with Gasteiger partial charge in [0.15, 0.2) is 5.84 Å². The van der Waals surface area contributed by atoms with Crippen LogP contribution in [0.2, 0.25) is 0 Å². The zero-order valence-corrected chi connectivity index (χ0v) is 14.9. The van der Waals surface area contributed by atoms with E-state index in [0.29, 0.717) is 11.1 Å². The summed E-state index contributed by atoms with van der Waals surface area (Å²) < 4.78 is 3.03. The number of rotatable bonds is 3. The van der Waals surface area contributed by atoms with Crippen molar-refractivity contribution in [3.05, 3.63) is 70.9 Å². The number of fused-ring (bicyclic) bond motifs is 1. The number of aromatic nitrogens is 1. The molecular weight excluding hydrogens is 348 g/mol. The lowest BCUT2D eigenvalue weighted by molar-refractivity contribution is -0.642. The molecule has 3 aromatic rings. The lowest BCUT2D eigenvalue weighted by atomic mass is 10.2. The second-order valence-electron chi connectivity index (χ2n) is 6.00. The maximum Gasteiger partial charge on any atom is 0.277 e. The lowest BCUT2D eigenvalue weighted by Gasteiger charge is -2.19. The molecule has 6 nitrogen and oxygen atoms in total. The van der Waals surface area contributed by atoms with Crippen molar-refractivity contribution in [1.82, 2.24) is 10.4 Å². The number of nitrogens with zero attached hydrogens (tertiary/aromatic N) is 2. The summed E-state index contributed by atoms with van der Waals surface area (Å²) in [4.78, 5) is 12.4. The maximum absolute atomic E-state index is 12.4. The molecule has 3 N–H and O–H groups in total. The fraction of sp³-hybridized carbons (Fsp3) is 0.105. The minimum atomic E-state index is -0.315. The summed E-state index contributed by atoms with van der Waals surface area (Å²) in [5, 5.41) is 21.0. The summed E-state index contributed by atoms with van der Waals surface area (Å²) in [7, 11) is 1.91. The minimum Gasteiger partial charge on any atom is -0.509 e. The highest BCUT2D eigenvalue weighted by molar-refractivity contribution is 7.19. The van der Waals surface area contributed by atoms with Crippen molar-refractivity contribution in [3.8, 4) is 0 Å². The molecule has 1 aliphatic rings. The smallest absolute Gasteiger partial charge is 0.277 e. The van der Waals surface area contributed by atoms with E-state index >= 15 is 0 Å². The molecule has 1 amide bonds. The molecule has 130 valence electrons. The van der Waals surface area contributed by atoms with Gasteiger partial charge in [0.25, 0.3) is 10.9 Å². The van der Waals surface area contributed by atoms with E-state index in [1.807, 2.05) is 41.9 Å². The molecule has 0 atom stereocenters. The van der Waals surface area contributed by atoms with Gasteiger partial charge in [-0.05, 0) is 18.2 Å². The Morgan fingerprint density at radius 3 is 2.62 bits per heavy atom. The summed E-state index contributed by atoms with van der Waals surface area (Å²) in [5.41, 5.74) is 4.67. The number of amidine groups is 1. The quantitative estimate of drug-likeness (QED) is 0.624. The first kappa shape index (κ1) is 16.3. The molecule has 1 aliphatic heterocycles. The number of carbonyl (C=O) groups excluding carboxylic acids is 1. The van der Waals surface area contributed by atoms with Crippen LogP contribution in [0.15, 0.2) is 60.4 Å². The van der Waals surface area contributed by atoms with Gasteiger partial charge in [0, 0.05) is 11.6 Å². The van der Waals surface area contributed by atoms with Gasteiger partial charge in [-0.1, -0.05) is 41.7 Å². The number of nitrogens with one attached hydrogen (secondary N) is 2. The van der Waals surface area contributed by atoms with Gasteiger partial charge in [-0.3, -0.25) is 20.6 Å². The van der Waals surface area contributed by atoms with E-state index in [-0.39, 0.29) is 24.0 Å². The molecule has 0 spiro atoms. The summed E-state index contributed by atoms with van der Waals surface area (Å²) >= 11 is 1.51. The van der Waals surface area contributed by atoms with E-state index < -0.39 is 0 Å². The Hall–Kier alpha value is -3.19. The van der Waals surface area contributed by atoms with Crippen LogP contribution in [0.3, 0.4) is 0 Å². The molecule has 2 heterocycles. The van der Waals surface area contributed by atoms with E-state index in [2.05, 4.69) is 5.43 Å².